The smallest absolute Gasteiger partial charge is 0.221 e. The SMILES string of the molecule is CNCCC(=O)NCCSCCOc1cccc(Br)c1. The number of ether oxygens (including phenoxy) is 1. The molecule has 0 radical (unpaired) electrons. The van der Waals surface area contributed by atoms with Crippen LogP contribution in [-0.2, 0) is 4.79 Å². The maximum atomic E-state index is 11.3. The molecule has 0 aliphatic carbocycles. The molecule has 0 saturated carbocycles. The third-order valence-electron chi connectivity index (χ3n) is 2.46. The lowest BCUT2D eigenvalue weighted by Gasteiger charge is -2.07. The normalized spacial score (nSPS) is 10.3. The molecule has 0 bridgehead atoms. The standard InChI is InChI=1S/C14H21BrN2O2S/c1-16-6-5-14(18)17-7-9-20-10-8-19-13-4-2-3-12(15)11-13/h2-4,11,16H,5-10H2,1H3,(H,17,18). The largest absolute Gasteiger partial charge is 0.493 e. The molecular formula is C14H21BrN2O2S. The second-order valence-corrected chi connectivity index (χ2v) is 6.26. The van der Waals surface area contributed by atoms with Crippen molar-refractivity contribution < 1.29 is 9.53 Å². The van der Waals surface area contributed by atoms with E-state index in [-0.39, 0.29) is 5.91 Å². The molecule has 0 fully saturated rings. The van der Waals surface area contributed by atoms with Gasteiger partial charge >= 0.3 is 0 Å². The van der Waals surface area contributed by atoms with E-state index in [2.05, 4.69) is 26.6 Å². The minimum atomic E-state index is 0.102. The molecule has 0 aliphatic rings. The van der Waals surface area contributed by atoms with Crippen molar-refractivity contribution in [2.24, 2.45) is 0 Å². The van der Waals surface area contributed by atoms with Crippen LogP contribution in [0.15, 0.2) is 28.7 Å². The zero-order valence-electron chi connectivity index (χ0n) is 11.7. The van der Waals surface area contributed by atoms with Crippen molar-refractivity contribution in [1.82, 2.24) is 10.6 Å². The van der Waals surface area contributed by atoms with E-state index < -0.39 is 0 Å². The van der Waals surface area contributed by atoms with E-state index in [1.165, 1.54) is 0 Å². The van der Waals surface area contributed by atoms with Gasteiger partial charge in [-0.05, 0) is 25.2 Å². The van der Waals surface area contributed by atoms with Crippen LogP contribution in [0.25, 0.3) is 0 Å². The minimum absolute atomic E-state index is 0.102. The molecule has 0 unspecified atom stereocenters. The van der Waals surface area contributed by atoms with Crippen molar-refractivity contribution in [1.29, 1.82) is 0 Å². The van der Waals surface area contributed by atoms with Crippen molar-refractivity contribution >= 4 is 33.6 Å². The number of hydrogen-bond donors (Lipinski definition) is 2. The molecular weight excluding hydrogens is 340 g/mol. The first kappa shape index (κ1) is 17.3. The summed E-state index contributed by atoms with van der Waals surface area (Å²) in [6.07, 6.45) is 0.535. The summed E-state index contributed by atoms with van der Waals surface area (Å²) in [5, 5.41) is 5.84. The number of benzene rings is 1. The Morgan fingerprint density at radius 3 is 2.95 bits per heavy atom. The lowest BCUT2D eigenvalue weighted by atomic mass is 10.3. The van der Waals surface area contributed by atoms with Gasteiger partial charge in [-0.25, -0.2) is 0 Å². The molecule has 2 N–H and O–H groups in total. The van der Waals surface area contributed by atoms with E-state index in [4.69, 9.17) is 4.74 Å². The van der Waals surface area contributed by atoms with Crippen LogP contribution in [-0.4, -0.2) is 44.2 Å². The van der Waals surface area contributed by atoms with E-state index in [1.54, 1.807) is 11.8 Å². The molecule has 0 spiro atoms. The van der Waals surface area contributed by atoms with Gasteiger partial charge in [0.05, 0.1) is 6.61 Å². The lowest BCUT2D eigenvalue weighted by Crippen LogP contribution is -2.28. The highest BCUT2D eigenvalue weighted by Gasteiger charge is 1.99. The van der Waals surface area contributed by atoms with Crippen LogP contribution in [0, 0.1) is 0 Å². The highest BCUT2D eigenvalue weighted by Crippen LogP contribution is 2.17. The Morgan fingerprint density at radius 1 is 1.35 bits per heavy atom. The average molecular weight is 361 g/mol. The van der Waals surface area contributed by atoms with E-state index in [9.17, 15) is 4.79 Å². The van der Waals surface area contributed by atoms with Gasteiger partial charge in [0.1, 0.15) is 5.75 Å². The fraction of sp³-hybridized carbons (Fsp3) is 0.500. The van der Waals surface area contributed by atoms with Crippen LogP contribution in [0.1, 0.15) is 6.42 Å². The first-order chi connectivity index (χ1) is 9.72. The van der Waals surface area contributed by atoms with Gasteiger partial charge < -0.3 is 15.4 Å². The van der Waals surface area contributed by atoms with Crippen LogP contribution in [0.2, 0.25) is 0 Å². The topological polar surface area (TPSA) is 50.4 Å². The van der Waals surface area contributed by atoms with Gasteiger partial charge in [-0.3, -0.25) is 4.79 Å². The Kier molecular flexibility index (Phi) is 9.53. The Morgan fingerprint density at radius 2 is 2.20 bits per heavy atom. The van der Waals surface area contributed by atoms with Gasteiger partial charge in [0.25, 0.3) is 0 Å². The summed E-state index contributed by atoms with van der Waals surface area (Å²) in [6.45, 7) is 2.11. The molecule has 20 heavy (non-hydrogen) atoms. The van der Waals surface area contributed by atoms with Crippen molar-refractivity contribution in [3.05, 3.63) is 28.7 Å². The number of amides is 1. The monoisotopic (exact) mass is 360 g/mol. The lowest BCUT2D eigenvalue weighted by molar-refractivity contribution is -0.120. The van der Waals surface area contributed by atoms with Crippen LogP contribution < -0.4 is 15.4 Å². The molecule has 1 amide bonds. The Balaban J connectivity index is 1.96. The molecule has 1 rings (SSSR count). The molecule has 0 aromatic heterocycles. The molecule has 0 saturated heterocycles. The highest BCUT2D eigenvalue weighted by molar-refractivity contribution is 9.10. The van der Waals surface area contributed by atoms with Crippen LogP contribution in [0.5, 0.6) is 5.75 Å². The van der Waals surface area contributed by atoms with Crippen molar-refractivity contribution in [3.63, 3.8) is 0 Å². The summed E-state index contributed by atoms with van der Waals surface area (Å²) < 4.78 is 6.64. The van der Waals surface area contributed by atoms with Gasteiger partial charge in [0.15, 0.2) is 0 Å². The van der Waals surface area contributed by atoms with E-state index >= 15 is 0 Å². The summed E-state index contributed by atoms with van der Waals surface area (Å²) in [7, 11) is 1.84. The third kappa shape index (κ3) is 8.45. The number of carbonyl (C=O) groups is 1. The van der Waals surface area contributed by atoms with Crippen LogP contribution in [0.4, 0.5) is 0 Å². The molecule has 0 heterocycles. The predicted octanol–water partition coefficient (Wildman–Crippen LogP) is 2.29. The maximum absolute atomic E-state index is 11.3. The number of thioether (sulfide) groups is 1. The highest BCUT2D eigenvalue weighted by atomic mass is 79.9. The Bertz CT molecular complexity index is 405. The van der Waals surface area contributed by atoms with Gasteiger partial charge in [-0.2, -0.15) is 11.8 Å². The summed E-state index contributed by atoms with van der Waals surface area (Å²) in [6, 6.07) is 7.82. The fourth-order valence-corrected chi connectivity index (χ4v) is 2.50. The number of rotatable bonds is 10. The van der Waals surface area contributed by atoms with E-state index in [0.717, 1.165) is 28.3 Å². The van der Waals surface area contributed by atoms with Crippen LogP contribution in [0.3, 0.4) is 0 Å². The molecule has 112 valence electrons. The summed E-state index contributed by atoms with van der Waals surface area (Å²) in [4.78, 5) is 11.3. The third-order valence-corrected chi connectivity index (χ3v) is 3.90. The summed E-state index contributed by atoms with van der Waals surface area (Å²) in [5.74, 6) is 2.80. The molecule has 6 heteroatoms. The van der Waals surface area contributed by atoms with Crippen molar-refractivity contribution in [3.8, 4) is 5.75 Å². The first-order valence-electron chi connectivity index (χ1n) is 6.60. The number of carbonyl (C=O) groups excluding carboxylic acids is 1. The zero-order valence-corrected chi connectivity index (χ0v) is 14.1. The molecule has 0 atom stereocenters. The van der Waals surface area contributed by atoms with Gasteiger partial charge in [-0.15, -0.1) is 0 Å². The number of nitrogens with one attached hydrogen (secondary N) is 2. The Labute approximate surface area is 133 Å². The molecule has 0 aliphatic heterocycles. The second-order valence-electron chi connectivity index (χ2n) is 4.12. The predicted molar refractivity (Wildman–Crippen MR) is 88.5 cm³/mol. The van der Waals surface area contributed by atoms with Gasteiger partial charge in [0.2, 0.25) is 5.91 Å². The number of halogens is 1. The van der Waals surface area contributed by atoms with Gasteiger partial charge in [-0.1, -0.05) is 22.0 Å². The minimum Gasteiger partial charge on any atom is -0.493 e. The summed E-state index contributed by atoms with van der Waals surface area (Å²) in [5.41, 5.74) is 0. The fourth-order valence-electron chi connectivity index (χ4n) is 1.47. The van der Waals surface area contributed by atoms with Gasteiger partial charge in [0, 0.05) is 35.5 Å². The zero-order chi connectivity index (χ0) is 14.6. The molecule has 1 aromatic rings. The summed E-state index contributed by atoms with van der Waals surface area (Å²) >= 11 is 5.18. The van der Waals surface area contributed by atoms with Crippen molar-refractivity contribution in [2.75, 3.05) is 38.2 Å². The van der Waals surface area contributed by atoms with E-state index in [0.29, 0.717) is 19.6 Å². The maximum Gasteiger partial charge on any atom is 0.221 e. The average Bonchev–Trinajstić information content (AvgIpc) is 2.44. The van der Waals surface area contributed by atoms with E-state index in [1.807, 2.05) is 31.3 Å². The molecule has 4 nitrogen and oxygen atoms in total. The first-order valence-corrected chi connectivity index (χ1v) is 8.54. The Hall–Kier alpha value is -0.720. The quantitative estimate of drug-likeness (QED) is 0.628. The molecule has 1 aromatic carbocycles. The second kappa shape index (κ2) is 11.0. The number of hydrogen-bond acceptors (Lipinski definition) is 4. The van der Waals surface area contributed by atoms with Crippen LogP contribution >= 0.6 is 27.7 Å². The van der Waals surface area contributed by atoms with Crippen molar-refractivity contribution in [2.45, 2.75) is 6.42 Å².